The van der Waals surface area contributed by atoms with E-state index < -0.39 is 0 Å². The van der Waals surface area contributed by atoms with Gasteiger partial charge in [-0.15, -0.1) is 0 Å². The minimum absolute atomic E-state index is 0.197. The van der Waals surface area contributed by atoms with Gasteiger partial charge in [0.1, 0.15) is 5.84 Å². The van der Waals surface area contributed by atoms with Gasteiger partial charge < -0.3 is 4.90 Å². The number of nitrogens with zero attached hydrogens (tertiary/aromatic N) is 3. The van der Waals surface area contributed by atoms with E-state index in [0.717, 1.165) is 22.6 Å². The van der Waals surface area contributed by atoms with Crippen molar-refractivity contribution >= 4 is 54.6 Å². The first-order valence-corrected chi connectivity index (χ1v) is 17.5. The molecule has 50 heavy (non-hydrogen) atoms. The topological polar surface area (TPSA) is 28.5 Å². The molecule has 0 N–H and O–H groups in total. The van der Waals surface area contributed by atoms with Gasteiger partial charge in [-0.25, -0.2) is 0 Å². The van der Waals surface area contributed by atoms with Crippen LogP contribution in [0, 0.1) is 0 Å². The van der Waals surface area contributed by atoms with Crippen LogP contribution < -0.4 is 4.90 Å². The Labute approximate surface area is 293 Å². The molecule has 8 aromatic rings. The molecular formula is C47H39N3. The highest BCUT2D eigenvalue weighted by Crippen LogP contribution is 2.46. The minimum Gasteiger partial charge on any atom is -0.321 e. The number of pyridine rings is 1. The van der Waals surface area contributed by atoms with Crippen LogP contribution in [-0.2, 0) is 0 Å². The van der Waals surface area contributed by atoms with E-state index >= 15 is 0 Å². The van der Waals surface area contributed by atoms with Crippen LogP contribution in [0.1, 0.15) is 34.6 Å². The third kappa shape index (κ3) is 4.64. The molecule has 0 saturated heterocycles. The van der Waals surface area contributed by atoms with E-state index in [4.69, 9.17) is 9.98 Å². The molecule has 0 saturated carbocycles. The van der Waals surface area contributed by atoms with E-state index in [1.807, 2.05) is 12.4 Å². The van der Waals surface area contributed by atoms with E-state index in [1.165, 1.54) is 65.3 Å². The van der Waals surface area contributed by atoms with Crippen molar-refractivity contribution in [2.24, 2.45) is 4.99 Å². The number of fused-ring (bicyclic) bond motifs is 4. The molecule has 9 rings (SSSR count). The molecule has 0 bridgehead atoms. The molecule has 1 aliphatic rings. The summed E-state index contributed by atoms with van der Waals surface area (Å²) in [6.07, 6.45) is 3.96. The summed E-state index contributed by atoms with van der Waals surface area (Å²) in [6, 6.07) is 49.2. The van der Waals surface area contributed by atoms with Crippen molar-refractivity contribution in [3.05, 3.63) is 146 Å². The van der Waals surface area contributed by atoms with Gasteiger partial charge in [-0.1, -0.05) is 109 Å². The number of amidine groups is 1. The van der Waals surface area contributed by atoms with Crippen LogP contribution in [0.5, 0.6) is 0 Å². The van der Waals surface area contributed by atoms with Crippen molar-refractivity contribution in [1.29, 1.82) is 0 Å². The lowest BCUT2D eigenvalue weighted by molar-refractivity contribution is 0.338. The molecule has 0 atom stereocenters. The summed E-state index contributed by atoms with van der Waals surface area (Å²) in [5.74, 6) is 1.02. The lowest BCUT2D eigenvalue weighted by Crippen LogP contribution is -2.53. The number of anilines is 1. The van der Waals surface area contributed by atoms with Crippen molar-refractivity contribution in [2.75, 3.05) is 4.90 Å². The second-order valence-corrected chi connectivity index (χ2v) is 14.7. The molecule has 1 aromatic heterocycles. The lowest BCUT2D eigenvalue weighted by Gasteiger charge is -2.41. The van der Waals surface area contributed by atoms with Crippen LogP contribution >= 0.6 is 0 Å². The zero-order valence-corrected chi connectivity index (χ0v) is 29.2. The molecule has 0 spiro atoms. The van der Waals surface area contributed by atoms with Gasteiger partial charge in [0.15, 0.2) is 0 Å². The first kappa shape index (κ1) is 30.3. The summed E-state index contributed by atoms with van der Waals surface area (Å²) < 4.78 is 0. The molecule has 0 radical (unpaired) electrons. The van der Waals surface area contributed by atoms with Gasteiger partial charge in [0.05, 0.1) is 23.0 Å². The highest BCUT2D eigenvalue weighted by Gasteiger charge is 2.48. The smallest absolute Gasteiger partial charge is 0.102 e. The summed E-state index contributed by atoms with van der Waals surface area (Å²) in [5.41, 5.74) is 7.82. The lowest BCUT2D eigenvalue weighted by atomic mass is 9.83. The zero-order chi connectivity index (χ0) is 34.2. The van der Waals surface area contributed by atoms with Crippen LogP contribution in [-0.4, -0.2) is 21.9 Å². The fraction of sp³-hybridized carbons (Fsp3) is 0.149. The predicted molar refractivity (Wildman–Crippen MR) is 214 cm³/mol. The fourth-order valence-corrected chi connectivity index (χ4v) is 8.16. The van der Waals surface area contributed by atoms with Crippen LogP contribution in [0.3, 0.4) is 0 Å². The van der Waals surface area contributed by atoms with E-state index in [2.05, 4.69) is 173 Å². The summed E-state index contributed by atoms with van der Waals surface area (Å²) >= 11 is 0. The Morgan fingerprint density at radius 3 is 1.56 bits per heavy atom. The second kappa shape index (κ2) is 11.1. The highest BCUT2D eigenvalue weighted by molar-refractivity contribution is 6.22. The number of aliphatic imine (C=N–C) groups is 1. The maximum Gasteiger partial charge on any atom is 0.102 e. The van der Waals surface area contributed by atoms with Gasteiger partial charge in [0.25, 0.3) is 0 Å². The first-order chi connectivity index (χ1) is 24.2. The van der Waals surface area contributed by atoms with Gasteiger partial charge in [0.2, 0.25) is 0 Å². The van der Waals surface area contributed by atoms with E-state index in [0.29, 0.717) is 0 Å². The molecule has 242 valence electrons. The number of hydrogen-bond donors (Lipinski definition) is 0. The summed E-state index contributed by atoms with van der Waals surface area (Å²) in [4.78, 5) is 12.2. The van der Waals surface area contributed by atoms with Crippen molar-refractivity contribution in [1.82, 2.24) is 4.98 Å². The number of aromatic nitrogens is 1. The molecule has 1 aliphatic heterocycles. The molecule has 0 aliphatic carbocycles. The van der Waals surface area contributed by atoms with Crippen molar-refractivity contribution in [2.45, 2.75) is 45.7 Å². The molecule has 3 heteroatoms. The van der Waals surface area contributed by atoms with Crippen molar-refractivity contribution in [3.63, 3.8) is 0 Å². The quantitative estimate of drug-likeness (QED) is 0.178. The molecule has 0 amide bonds. The third-order valence-electron chi connectivity index (χ3n) is 11.2. The van der Waals surface area contributed by atoms with Gasteiger partial charge in [0, 0.05) is 11.8 Å². The van der Waals surface area contributed by atoms with Crippen LogP contribution in [0.2, 0.25) is 0 Å². The monoisotopic (exact) mass is 645 g/mol. The third-order valence-corrected chi connectivity index (χ3v) is 11.2. The van der Waals surface area contributed by atoms with E-state index in [9.17, 15) is 0 Å². The van der Waals surface area contributed by atoms with E-state index in [-0.39, 0.29) is 11.1 Å². The maximum atomic E-state index is 5.04. The minimum atomic E-state index is -0.217. The first-order valence-electron chi connectivity index (χ1n) is 17.5. The molecular weight excluding hydrogens is 607 g/mol. The Kier molecular flexibility index (Phi) is 6.73. The van der Waals surface area contributed by atoms with Gasteiger partial charge in [-0.2, -0.15) is 0 Å². The Balaban J connectivity index is 1.32. The normalized spacial score (nSPS) is 15.3. The van der Waals surface area contributed by atoms with Gasteiger partial charge in [-0.3, -0.25) is 9.98 Å². The van der Waals surface area contributed by atoms with Crippen LogP contribution in [0.25, 0.3) is 76.5 Å². The van der Waals surface area contributed by atoms with Gasteiger partial charge in [-0.05, 0) is 130 Å². The predicted octanol–water partition coefficient (Wildman–Crippen LogP) is 12.5. The SMILES string of the molecule is CC1=NC(C)(C)C(C)(C)N1c1cncc(-c2ccc3c(-c4ccc5ccccc5c4)c4ccccc4c(-c4ccc5ccccc5c4)c3c2)c1. The average Bonchev–Trinajstić information content (AvgIpc) is 3.30. The molecule has 2 heterocycles. The van der Waals surface area contributed by atoms with Crippen LogP contribution in [0.15, 0.2) is 151 Å². The van der Waals surface area contributed by atoms with Gasteiger partial charge >= 0.3 is 0 Å². The number of rotatable bonds is 4. The zero-order valence-electron chi connectivity index (χ0n) is 29.2. The highest BCUT2D eigenvalue weighted by atomic mass is 15.3. The summed E-state index contributed by atoms with van der Waals surface area (Å²) in [6.45, 7) is 11.1. The number of benzene rings is 7. The molecule has 3 nitrogen and oxygen atoms in total. The summed E-state index contributed by atoms with van der Waals surface area (Å²) in [7, 11) is 0. The number of hydrogen-bond acceptors (Lipinski definition) is 3. The second-order valence-electron chi connectivity index (χ2n) is 14.7. The van der Waals surface area contributed by atoms with Crippen molar-refractivity contribution in [3.8, 4) is 33.4 Å². The Hall–Kier alpha value is -5.80. The summed E-state index contributed by atoms with van der Waals surface area (Å²) in [5, 5.41) is 9.93. The molecule has 0 fully saturated rings. The Bertz CT molecular complexity index is 2680. The van der Waals surface area contributed by atoms with E-state index in [1.54, 1.807) is 0 Å². The molecule has 7 aromatic carbocycles. The largest absolute Gasteiger partial charge is 0.321 e. The maximum absolute atomic E-state index is 5.04. The standard InChI is InChI=1S/C47H39N3/c1-30-49-46(2,3)47(4,5)50(30)39-26-38(28-48-29-39)35-22-23-42-43(27-35)45(37-21-19-32-13-7-9-15-34(32)25-37)41-17-11-10-16-40(41)44(42)36-20-18-31-12-6-8-14-33(31)24-36/h6-29H,1-5H3. The molecule has 0 unspecified atom stereocenters. The Morgan fingerprint density at radius 1 is 0.460 bits per heavy atom. The van der Waals surface area contributed by atoms with Crippen molar-refractivity contribution < 1.29 is 0 Å². The van der Waals surface area contributed by atoms with Crippen LogP contribution in [0.4, 0.5) is 5.69 Å². The average molecular weight is 646 g/mol. The fourth-order valence-electron chi connectivity index (χ4n) is 8.16. The Morgan fingerprint density at radius 2 is 0.980 bits per heavy atom.